The topological polar surface area (TPSA) is 131 Å². The van der Waals surface area contributed by atoms with Crippen molar-refractivity contribution in [3.05, 3.63) is 42.0 Å². The Bertz CT molecular complexity index is 1140. The van der Waals surface area contributed by atoms with E-state index < -0.39 is 47.1 Å². The lowest BCUT2D eigenvalue weighted by atomic mass is 9.64. The van der Waals surface area contributed by atoms with Gasteiger partial charge >= 0.3 is 0 Å². The Hall–Kier alpha value is -2.83. The smallest absolute Gasteiger partial charge is 0.240 e. The first-order valence-corrected chi connectivity index (χ1v) is 9.78. The molecule has 3 fully saturated rings. The molecule has 3 aliphatic rings. The first-order valence-electron chi connectivity index (χ1n) is 9.78. The molecular weight excluding hydrogens is 388 g/mol. The van der Waals surface area contributed by atoms with E-state index in [-0.39, 0.29) is 13.0 Å². The molecule has 0 aliphatic carbocycles. The van der Waals surface area contributed by atoms with Gasteiger partial charge in [0.25, 0.3) is 0 Å². The van der Waals surface area contributed by atoms with Crippen LogP contribution in [0.15, 0.2) is 36.4 Å². The van der Waals surface area contributed by atoms with Crippen LogP contribution in [0.5, 0.6) is 0 Å². The Morgan fingerprint density at radius 3 is 2.40 bits per heavy atom. The monoisotopic (exact) mass is 408 g/mol. The molecule has 1 unspecified atom stereocenters. The minimum atomic E-state index is -1.53. The van der Waals surface area contributed by atoms with E-state index in [1.165, 1.54) is 6.92 Å². The molecule has 0 aromatic heterocycles. The quantitative estimate of drug-likeness (QED) is 0.629. The van der Waals surface area contributed by atoms with E-state index in [4.69, 9.17) is 4.74 Å². The SMILES string of the molecule is C[C@@]12OC(CCO)([C@@H]3C(=O)N(c4ccc(C#N)c5ccccc45)C(=O)[C@@H]31)[C@@H](O)[C@H]2O. The number of hydrogen-bond acceptors (Lipinski definition) is 7. The first kappa shape index (κ1) is 19.2. The molecule has 0 spiro atoms. The van der Waals surface area contributed by atoms with Crippen LogP contribution in [0.3, 0.4) is 0 Å². The van der Waals surface area contributed by atoms with E-state index in [2.05, 4.69) is 6.07 Å². The Balaban J connectivity index is 1.69. The number of aliphatic hydroxyl groups is 3. The molecule has 30 heavy (non-hydrogen) atoms. The van der Waals surface area contributed by atoms with Crippen molar-refractivity contribution in [2.45, 2.75) is 36.8 Å². The zero-order chi connectivity index (χ0) is 21.4. The average molecular weight is 408 g/mol. The fourth-order valence-electron chi connectivity index (χ4n) is 5.69. The third kappa shape index (κ3) is 2.03. The van der Waals surface area contributed by atoms with E-state index in [1.54, 1.807) is 36.4 Å². The minimum absolute atomic E-state index is 0.0804. The van der Waals surface area contributed by atoms with Crippen molar-refractivity contribution in [1.29, 1.82) is 5.26 Å². The second-order valence-electron chi connectivity index (χ2n) is 8.36. The summed E-state index contributed by atoms with van der Waals surface area (Å²) in [4.78, 5) is 28.1. The summed E-state index contributed by atoms with van der Waals surface area (Å²) in [6, 6.07) is 12.3. The summed E-state index contributed by atoms with van der Waals surface area (Å²) in [6.07, 6.45) is -2.84. The van der Waals surface area contributed by atoms with Gasteiger partial charge in [0.2, 0.25) is 11.8 Å². The number of ether oxygens (including phenoxy) is 1. The van der Waals surface area contributed by atoms with Gasteiger partial charge in [-0.15, -0.1) is 0 Å². The van der Waals surface area contributed by atoms with Crippen molar-refractivity contribution >= 4 is 28.3 Å². The lowest BCUT2D eigenvalue weighted by Crippen LogP contribution is -2.58. The van der Waals surface area contributed by atoms with E-state index in [1.807, 2.05) is 0 Å². The zero-order valence-corrected chi connectivity index (χ0v) is 16.1. The number of nitrogens with zero attached hydrogens (tertiary/aromatic N) is 2. The number of anilines is 1. The number of fused-ring (bicyclic) bond motifs is 6. The van der Waals surface area contributed by atoms with E-state index >= 15 is 0 Å². The summed E-state index contributed by atoms with van der Waals surface area (Å²) >= 11 is 0. The molecule has 5 rings (SSSR count). The molecule has 154 valence electrons. The maximum absolute atomic E-state index is 13.5. The van der Waals surface area contributed by atoms with Crippen LogP contribution < -0.4 is 4.90 Å². The summed E-state index contributed by atoms with van der Waals surface area (Å²) in [5, 5.41) is 41.5. The number of imide groups is 1. The Labute approximate surface area is 171 Å². The van der Waals surface area contributed by atoms with Gasteiger partial charge in [-0.1, -0.05) is 24.3 Å². The summed E-state index contributed by atoms with van der Waals surface area (Å²) in [5.41, 5.74) is -2.20. The van der Waals surface area contributed by atoms with Gasteiger partial charge in [0.15, 0.2) is 0 Å². The highest BCUT2D eigenvalue weighted by Gasteiger charge is 2.80. The lowest BCUT2D eigenvalue weighted by Gasteiger charge is -2.37. The highest BCUT2D eigenvalue weighted by molar-refractivity contribution is 6.26. The van der Waals surface area contributed by atoms with Gasteiger partial charge in [-0.3, -0.25) is 9.59 Å². The summed E-state index contributed by atoms with van der Waals surface area (Å²) in [7, 11) is 0. The minimum Gasteiger partial charge on any atom is -0.396 e. The largest absolute Gasteiger partial charge is 0.396 e. The highest BCUT2D eigenvalue weighted by atomic mass is 16.6. The fourth-order valence-corrected chi connectivity index (χ4v) is 5.69. The number of hydrogen-bond donors (Lipinski definition) is 3. The van der Waals surface area contributed by atoms with E-state index in [0.717, 1.165) is 4.90 Å². The molecule has 2 aromatic carbocycles. The van der Waals surface area contributed by atoms with E-state index in [9.17, 15) is 30.2 Å². The predicted octanol–water partition coefficient (Wildman–Crippen LogP) is 0.463. The van der Waals surface area contributed by atoms with Crippen LogP contribution in [0.2, 0.25) is 0 Å². The number of benzene rings is 2. The van der Waals surface area contributed by atoms with Gasteiger partial charge in [-0.05, 0) is 19.1 Å². The van der Waals surface area contributed by atoms with Crippen LogP contribution in [0, 0.1) is 23.2 Å². The first-order chi connectivity index (χ1) is 14.3. The van der Waals surface area contributed by atoms with Crippen molar-refractivity contribution in [3.63, 3.8) is 0 Å². The maximum Gasteiger partial charge on any atom is 0.240 e. The highest BCUT2D eigenvalue weighted by Crippen LogP contribution is 2.62. The van der Waals surface area contributed by atoms with Crippen molar-refractivity contribution in [1.82, 2.24) is 0 Å². The third-order valence-corrected chi connectivity index (χ3v) is 7.01. The van der Waals surface area contributed by atoms with Crippen LogP contribution in [0.25, 0.3) is 10.8 Å². The average Bonchev–Trinajstić information content (AvgIpc) is 3.25. The van der Waals surface area contributed by atoms with Crippen molar-refractivity contribution in [2.75, 3.05) is 11.5 Å². The van der Waals surface area contributed by atoms with Crippen molar-refractivity contribution < 1.29 is 29.6 Å². The van der Waals surface area contributed by atoms with Gasteiger partial charge in [-0.25, -0.2) is 4.90 Å². The second-order valence-corrected chi connectivity index (χ2v) is 8.36. The van der Waals surface area contributed by atoms with Gasteiger partial charge in [0.05, 0.1) is 29.2 Å². The standard InChI is InChI=1S/C22H20N2O6/c1-21-15-16(22(30-21,8-9-25)18(27)17(21)26)20(29)24(19(15)28)14-7-6-11(10-23)12-4-2-3-5-13(12)14/h2-7,15-18,25-27H,8-9H2,1H3/t15-,16+,17-,18+,21-,22?/m1/s1. The van der Waals surface area contributed by atoms with Crippen molar-refractivity contribution in [3.8, 4) is 6.07 Å². The molecule has 6 atom stereocenters. The molecule has 2 aromatic rings. The maximum atomic E-state index is 13.5. The Kier molecular flexibility index (Phi) is 3.89. The molecule has 2 bridgehead atoms. The molecule has 2 amide bonds. The molecule has 3 heterocycles. The van der Waals surface area contributed by atoms with E-state index in [0.29, 0.717) is 22.0 Å². The van der Waals surface area contributed by atoms with Crippen LogP contribution in [-0.2, 0) is 14.3 Å². The van der Waals surface area contributed by atoms with Gasteiger partial charge < -0.3 is 20.1 Å². The normalized spacial score (nSPS) is 37.1. The fraction of sp³-hybridized carbons (Fsp3) is 0.409. The molecule has 0 radical (unpaired) electrons. The number of amides is 2. The molecular formula is C22H20N2O6. The number of rotatable bonds is 3. The molecule has 8 heteroatoms. The number of nitriles is 1. The third-order valence-electron chi connectivity index (χ3n) is 7.01. The molecule has 3 N–H and O–H groups in total. The molecule has 0 saturated carbocycles. The summed E-state index contributed by atoms with van der Waals surface area (Å²) in [5.74, 6) is -3.06. The summed E-state index contributed by atoms with van der Waals surface area (Å²) < 4.78 is 5.96. The number of carbonyl (C=O) groups is 2. The van der Waals surface area contributed by atoms with Crippen LogP contribution in [0.4, 0.5) is 5.69 Å². The Morgan fingerprint density at radius 1 is 1.07 bits per heavy atom. The molecule has 3 saturated heterocycles. The van der Waals surface area contributed by atoms with Gasteiger partial charge in [0, 0.05) is 23.8 Å². The number of aliphatic hydroxyl groups excluding tert-OH is 3. The van der Waals surface area contributed by atoms with Crippen LogP contribution >= 0.6 is 0 Å². The molecule has 8 nitrogen and oxygen atoms in total. The predicted molar refractivity (Wildman–Crippen MR) is 104 cm³/mol. The summed E-state index contributed by atoms with van der Waals surface area (Å²) in [6.45, 7) is 1.15. The lowest BCUT2D eigenvalue weighted by molar-refractivity contribution is -0.137. The number of carbonyl (C=O) groups excluding carboxylic acids is 2. The van der Waals surface area contributed by atoms with Crippen molar-refractivity contribution in [2.24, 2.45) is 11.8 Å². The second kappa shape index (κ2) is 6.09. The van der Waals surface area contributed by atoms with Gasteiger partial charge in [-0.2, -0.15) is 5.26 Å². The van der Waals surface area contributed by atoms with Crippen LogP contribution in [-0.4, -0.2) is 57.2 Å². The Morgan fingerprint density at radius 2 is 1.73 bits per heavy atom. The zero-order valence-electron chi connectivity index (χ0n) is 16.1. The van der Waals surface area contributed by atoms with Crippen LogP contribution in [0.1, 0.15) is 18.9 Å². The van der Waals surface area contributed by atoms with Gasteiger partial charge in [0.1, 0.15) is 23.4 Å². The molecule has 3 aliphatic heterocycles.